The number of Topliss-reactive ketones (excluding diaryl/α,β-unsaturated/α-hetero) is 1. The maximum absolute atomic E-state index is 11.4. The van der Waals surface area contributed by atoms with Crippen molar-refractivity contribution in [2.45, 2.75) is 19.8 Å². The van der Waals surface area contributed by atoms with Gasteiger partial charge < -0.3 is 4.98 Å². The molecule has 0 spiro atoms. The van der Waals surface area contributed by atoms with Gasteiger partial charge in [0.25, 0.3) is 0 Å². The predicted octanol–water partition coefficient (Wildman–Crippen LogP) is 3.11. The van der Waals surface area contributed by atoms with Crippen LogP contribution < -0.4 is 0 Å². The molecule has 1 heterocycles. The summed E-state index contributed by atoms with van der Waals surface area (Å²) in [5.74, 6) is 1.23. The number of alkyl halides is 1. The highest BCUT2D eigenvalue weighted by atomic mass is 35.5. The summed E-state index contributed by atoms with van der Waals surface area (Å²) in [5.41, 5.74) is 2.40. The van der Waals surface area contributed by atoms with Gasteiger partial charge in [0.05, 0.1) is 16.9 Å². The van der Waals surface area contributed by atoms with E-state index in [1.54, 1.807) is 12.1 Å². The lowest BCUT2D eigenvalue weighted by molar-refractivity contribution is 0.102. The van der Waals surface area contributed by atoms with Gasteiger partial charge in [0.15, 0.2) is 5.78 Å². The molecule has 3 nitrogen and oxygen atoms in total. The van der Waals surface area contributed by atoms with E-state index in [-0.39, 0.29) is 11.7 Å². The van der Waals surface area contributed by atoms with Crippen LogP contribution >= 0.6 is 11.6 Å². The van der Waals surface area contributed by atoms with Crippen molar-refractivity contribution in [2.24, 2.45) is 0 Å². The first-order valence-electron chi connectivity index (χ1n) is 5.20. The Labute approximate surface area is 98.8 Å². The maximum Gasteiger partial charge on any atom is 0.177 e. The lowest BCUT2D eigenvalue weighted by Gasteiger charge is -1.96. The Balaban J connectivity index is 2.49. The Morgan fingerprint density at radius 2 is 2.25 bits per heavy atom. The number of carbonyl (C=O) groups is 1. The second-order valence-electron chi connectivity index (χ2n) is 4.07. The van der Waals surface area contributed by atoms with Gasteiger partial charge in [0, 0.05) is 11.5 Å². The van der Waals surface area contributed by atoms with E-state index in [4.69, 9.17) is 11.6 Å². The predicted molar refractivity (Wildman–Crippen MR) is 65.2 cm³/mol. The zero-order chi connectivity index (χ0) is 11.7. The molecule has 0 aliphatic carbocycles. The van der Waals surface area contributed by atoms with Crippen LogP contribution in [-0.4, -0.2) is 21.6 Å². The number of nitrogens with zero attached hydrogens (tertiary/aromatic N) is 1. The number of hydrogen-bond acceptors (Lipinski definition) is 2. The Kier molecular flexibility index (Phi) is 2.97. The molecule has 0 atom stereocenters. The summed E-state index contributed by atoms with van der Waals surface area (Å²) in [7, 11) is 0. The summed E-state index contributed by atoms with van der Waals surface area (Å²) in [5, 5.41) is 0. The number of aromatic nitrogens is 2. The van der Waals surface area contributed by atoms with Crippen molar-refractivity contribution >= 4 is 28.4 Å². The fourth-order valence-corrected chi connectivity index (χ4v) is 1.71. The van der Waals surface area contributed by atoms with Crippen molar-refractivity contribution in [1.29, 1.82) is 0 Å². The van der Waals surface area contributed by atoms with Crippen LogP contribution in [0.1, 0.15) is 35.9 Å². The molecule has 0 fully saturated rings. The number of nitrogens with one attached hydrogen (secondary N) is 1. The minimum absolute atomic E-state index is 0.0106. The standard InChI is InChI=1S/C12H13ClN2O/c1-7(2)12-14-9-4-3-8(11(16)6-13)5-10(9)15-12/h3-5,7H,6H2,1-2H3,(H,14,15). The SMILES string of the molecule is CC(C)c1nc2ccc(C(=O)CCl)cc2[nH]1. The first-order chi connectivity index (χ1) is 7.61. The van der Waals surface area contributed by atoms with E-state index in [9.17, 15) is 4.79 Å². The van der Waals surface area contributed by atoms with Crippen molar-refractivity contribution in [2.75, 3.05) is 5.88 Å². The van der Waals surface area contributed by atoms with Gasteiger partial charge in [-0.2, -0.15) is 0 Å². The van der Waals surface area contributed by atoms with Gasteiger partial charge in [-0.05, 0) is 18.2 Å². The minimum Gasteiger partial charge on any atom is -0.342 e. The van der Waals surface area contributed by atoms with E-state index < -0.39 is 0 Å². The van der Waals surface area contributed by atoms with E-state index in [0.29, 0.717) is 11.5 Å². The molecular formula is C12H13ClN2O. The number of ketones is 1. The number of benzene rings is 1. The monoisotopic (exact) mass is 236 g/mol. The molecule has 0 bridgehead atoms. The Morgan fingerprint density at radius 1 is 1.50 bits per heavy atom. The van der Waals surface area contributed by atoms with Crippen LogP contribution in [0.3, 0.4) is 0 Å². The van der Waals surface area contributed by atoms with Gasteiger partial charge in [-0.1, -0.05) is 13.8 Å². The Bertz CT molecular complexity index is 531. The lowest BCUT2D eigenvalue weighted by atomic mass is 10.1. The van der Waals surface area contributed by atoms with E-state index in [0.717, 1.165) is 16.9 Å². The van der Waals surface area contributed by atoms with Crippen molar-refractivity contribution < 1.29 is 4.79 Å². The smallest absolute Gasteiger partial charge is 0.177 e. The molecule has 16 heavy (non-hydrogen) atoms. The van der Waals surface area contributed by atoms with Crippen LogP contribution in [0.2, 0.25) is 0 Å². The Hall–Kier alpha value is -1.35. The molecule has 0 aliphatic rings. The molecule has 1 N–H and O–H groups in total. The molecule has 4 heteroatoms. The molecule has 2 rings (SSSR count). The zero-order valence-electron chi connectivity index (χ0n) is 9.25. The third kappa shape index (κ3) is 1.95. The van der Waals surface area contributed by atoms with Gasteiger partial charge in [-0.3, -0.25) is 4.79 Å². The van der Waals surface area contributed by atoms with Crippen molar-refractivity contribution in [1.82, 2.24) is 9.97 Å². The van der Waals surface area contributed by atoms with Crippen LogP contribution in [0.5, 0.6) is 0 Å². The average molecular weight is 237 g/mol. The summed E-state index contributed by atoms with van der Waals surface area (Å²) >= 11 is 5.52. The molecule has 0 amide bonds. The summed E-state index contributed by atoms with van der Waals surface area (Å²) in [4.78, 5) is 19.1. The molecule has 0 aliphatic heterocycles. The highest BCUT2D eigenvalue weighted by molar-refractivity contribution is 6.30. The first kappa shape index (κ1) is 11.1. The number of aromatic amines is 1. The highest BCUT2D eigenvalue weighted by Gasteiger charge is 2.09. The molecular weight excluding hydrogens is 224 g/mol. The van der Waals surface area contributed by atoms with Gasteiger partial charge in [0.2, 0.25) is 0 Å². The number of imidazole rings is 1. The van der Waals surface area contributed by atoms with Gasteiger partial charge in [-0.15, -0.1) is 11.6 Å². The molecule has 2 aromatic rings. The van der Waals surface area contributed by atoms with E-state index >= 15 is 0 Å². The van der Waals surface area contributed by atoms with Crippen LogP contribution in [-0.2, 0) is 0 Å². The molecule has 84 valence electrons. The van der Waals surface area contributed by atoms with Crippen molar-refractivity contribution in [3.8, 4) is 0 Å². The number of carbonyl (C=O) groups excluding carboxylic acids is 1. The quantitative estimate of drug-likeness (QED) is 0.658. The number of halogens is 1. The lowest BCUT2D eigenvalue weighted by Crippen LogP contribution is -1.99. The second kappa shape index (κ2) is 4.26. The van der Waals surface area contributed by atoms with Gasteiger partial charge in [0.1, 0.15) is 5.82 Å². The number of H-pyrrole nitrogens is 1. The first-order valence-corrected chi connectivity index (χ1v) is 5.74. The van der Waals surface area contributed by atoms with Crippen LogP contribution in [0.15, 0.2) is 18.2 Å². The van der Waals surface area contributed by atoms with Crippen molar-refractivity contribution in [3.63, 3.8) is 0 Å². The largest absolute Gasteiger partial charge is 0.342 e. The summed E-state index contributed by atoms with van der Waals surface area (Å²) < 4.78 is 0. The topological polar surface area (TPSA) is 45.8 Å². The number of hydrogen-bond donors (Lipinski definition) is 1. The Morgan fingerprint density at radius 3 is 2.88 bits per heavy atom. The highest BCUT2D eigenvalue weighted by Crippen LogP contribution is 2.18. The number of rotatable bonds is 3. The normalized spacial score (nSPS) is 11.2. The third-order valence-electron chi connectivity index (χ3n) is 2.49. The van der Waals surface area contributed by atoms with E-state index in [1.165, 1.54) is 0 Å². The van der Waals surface area contributed by atoms with Crippen LogP contribution in [0, 0.1) is 0 Å². The third-order valence-corrected chi connectivity index (χ3v) is 2.73. The zero-order valence-corrected chi connectivity index (χ0v) is 10.0. The minimum atomic E-state index is -0.0655. The summed E-state index contributed by atoms with van der Waals surface area (Å²) in [6.07, 6.45) is 0. The molecule has 0 saturated heterocycles. The molecule has 0 unspecified atom stereocenters. The number of fused-ring (bicyclic) bond motifs is 1. The van der Waals surface area contributed by atoms with Crippen LogP contribution in [0.25, 0.3) is 11.0 Å². The average Bonchev–Trinajstić information content (AvgIpc) is 2.70. The van der Waals surface area contributed by atoms with Gasteiger partial charge >= 0.3 is 0 Å². The molecule has 1 aromatic carbocycles. The van der Waals surface area contributed by atoms with Gasteiger partial charge in [-0.25, -0.2) is 4.98 Å². The van der Waals surface area contributed by atoms with E-state index in [2.05, 4.69) is 23.8 Å². The second-order valence-corrected chi connectivity index (χ2v) is 4.33. The molecule has 1 aromatic heterocycles. The molecule has 0 saturated carbocycles. The fourth-order valence-electron chi connectivity index (χ4n) is 1.55. The summed E-state index contributed by atoms with van der Waals surface area (Å²) in [6.45, 7) is 4.14. The van der Waals surface area contributed by atoms with Crippen molar-refractivity contribution in [3.05, 3.63) is 29.6 Å². The molecule has 0 radical (unpaired) electrons. The fraction of sp³-hybridized carbons (Fsp3) is 0.333. The maximum atomic E-state index is 11.4. The summed E-state index contributed by atoms with van der Waals surface area (Å²) in [6, 6.07) is 5.41. The van der Waals surface area contributed by atoms with E-state index in [1.807, 2.05) is 6.07 Å². The van der Waals surface area contributed by atoms with Crippen LogP contribution in [0.4, 0.5) is 0 Å².